The monoisotopic (exact) mass is 264 g/mol. The van der Waals surface area contributed by atoms with Crippen LogP contribution in [0.1, 0.15) is 64.7 Å². The van der Waals surface area contributed by atoms with Gasteiger partial charge in [0.1, 0.15) is 11.5 Å². The second-order valence-electron chi connectivity index (χ2n) is 4.49. The second kappa shape index (κ2) is 9.59. The standard InChI is InChI=1S/C12H24O4S/c1-2-3-4-5-6-7-8-9-10-12(13)11-17(14,15)16/h2-11H2,1H3,(H,14,15,16). The maximum absolute atomic E-state index is 11.1. The van der Waals surface area contributed by atoms with Crippen molar-refractivity contribution in [1.29, 1.82) is 0 Å². The SMILES string of the molecule is CCCCCCCCCCC(=O)CS(=O)(=O)O. The van der Waals surface area contributed by atoms with Crippen molar-refractivity contribution in [3.8, 4) is 0 Å². The van der Waals surface area contributed by atoms with Crippen molar-refractivity contribution >= 4 is 15.9 Å². The maximum Gasteiger partial charge on any atom is 0.272 e. The van der Waals surface area contributed by atoms with Crippen LogP contribution >= 0.6 is 0 Å². The van der Waals surface area contributed by atoms with Gasteiger partial charge in [0, 0.05) is 6.42 Å². The molecule has 0 amide bonds. The normalized spacial score (nSPS) is 11.6. The maximum atomic E-state index is 11.1. The largest absolute Gasteiger partial charge is 0.298 e. The van der Waals surface area contributed by atoms with Crippen molar-refractivity contribution in [2.24, 2.45) is 0 Å². The zero-order valence-corrected chi connectivity index (χ0v) is 11.5. The summed E-state index contributed by atoms with van der Waals surface area (Å²) in [5.74, 6) is -1.12. The predicted molar refractivity (Wildman–Crippen MR) is 68.6 cm³/mol. The molecule has 0 aromatic carbocycles. The van der Waals surface area contributed by atoms with Crippen LogP contribution in [-0.4, -0.2) is 24.5 Å². The van der Waals surface area contributed by atoms with Gasteiger partial charge in [-0.2, -0.15) is 8.42 Å². The smallest absolute Gasteiger partial charge is 0.272 e. The van der Waals surface area contributed by atoms with Crippen molar-refractivity contribution in [1.82, 2.24) is 0 Å². The number of ketones is 1. The number of carbonyl (C=O) groups excluding carboxylic acids is 1. The third kappa shape index (κ3) is 13.5. The highest BCUT2D eigenvalue weighted by Gasteiger charge is 2.11. The highest BCUT2D eigenvalue weighted by molar-refractivity contribution is 7.86. The van der Waals surface area contributed by atoms with Crippen LogP contribution in [-0.2, 0) is 14.9 Å². The molecular formula is C12H24O4S. The van der Waals surface area contributed by atoms with Crippen LogP contribution in [0.3, 0.4) is 0 Å². The van der Waals surface area contributed by atoms with Crippen molar-refractivity contribution in [3.05, 3.63) is 0 Å². The highest BCUT2D eigenvalue weighted by atomic mass is 32.2. The van der Waals surface area contributed by atoms with E-state index in [1.807, 2.05) is 0 Å². The molecule has 0 aromatic rings. The average Bonchev–Trinajstić information content (AvgIpc) is 2.19. The number of carbonyl (C=O) groups is 1. The van der Waals surface area contributed by atoms with Gasteiger partial charge in [-0.3, -0.25) is 9.35 Å². The van der Waals surface area contributed by atoms with Gasteiger partial charge >= 0.3 is 0 Å². The Kier molecular flexibility index (Phi) is 9.36. The van der Waals surface area contributed by atoms with E-state index in [1.54, 1.807) is 0 Å². The lowest BCUT2D eigenvalue weighted by Gasteiger charge is -2.01. The van der Waals surface area contributed by atoms with E-state index in [1.165, 1.54) is 32.1 Å². The summed E-state index contributed by atoms with van der Waals surface area (Å²) in [5, 5.41) is 0. The quantitative estimate of drug-likeness (QED) is 0.460. The van der Waals surface area contributed by atoms with E-state index >= 15 is 0 Å². The van der Waals surface area contributed by atoms with E-state index in [0.29, 0.717) is 0 Å². The topological polar surface area (TPSA) is 71.4 Å². The Hall–Kier alpha value is -0.420. The van der Waals surface area contributed by atoms with E-state index < -0.39 is 21.7 Å². The minimum Gasteiger partial charge on any atom is -0.298 e. The molecule has 0 saturated carbocycles. The van der Waals surface area contributed by atoms with Gasteiger partial charge in [0.25, 0.3) is 10.1 Å². The van der Waals surface area contributed by atoms with Crippen LogP contribution in [0.15, 0.2) is 0 Å². The summed E-state index contributed by atoms with van der Waals surface area (Å²) >= 11 is 0. The fourth-order valence-electron chi connectivity index (χ4n) is 1.73. The lowest BCUT2D eigenvalue weighted by atomic mass is 10.1. The first-order valence-corrected chi connectivity index (χ1v) is 8.03. The molecule has 0 bridgehead atoms. The lowest BCUT2D eigenvalue weighted by Crippen LogP contribution is -2.14. The number of hydrogen-bond acceptors (Lipinski definition) is 3. The first-order valence-electron chi connectivity index (χ1n) is 6.42. The summed E-state index contributed by atoms with van der Waals surface area (Å²) in [5.41, 5.74) is 0. The van der Waals surface area contributed by atoms with Gasteiger partial charge in [0.05, 0.1) is 0 Å². The van der Waals surface area contributed by atoms with Crippen LogP contribution < -0.4 is 0 Å². The Morgan fingerprint density at radius 1 is 0.941 bits per heavy atom. The Balaban J connectivity index is 3.31. The van der Waals surface area contributed by atoms with Gasteiger partial charge in [0.2, 0.25) is 0 Å². The lowest BCUT2D eigenvalue weighted by molar-refractivity contribution is -0.116. The second-order valence-corrected chi connectivity index (χ2v) is 5.94. The molecule has 0 saturated heterocycles. The molecule has 0 aliphatic heterocycles. The van der Waals surface area contributed by atoms with Gasteiger partial charge in [-0.25, -0.2) is 0 Å². The third-order valence-electron chi connectivity index (χ3n) is 2.65. The molecule has 0 aromatic heterocycles. The highest BCUT2D eigenvalue weighted by Crippen LogP contribution is 2.09. The first-order chi connectivity index (χ1) is 7.95. The molecule has 0 unspecified atom stereocenters. The van der Waals surface area contributed by atoms with E-state index in [4.69, 9.17) is 4.55 Å². The van der Waals surface area contributed by atoms with E-state index in [0.717, 1.165) is 19.3 Å². The van der Waals surface area contributed by atoms with Gasteiger partial charge in [-0.1, -0.05) is 51.9 Å². The molecule has 0 spiro atoms. The third-order valence-corrected chi connectivity index (χ3v) is 3.34. The van der Waals surface area contributed by atoms with Crippen LogP contribution in [0.4, 0.5) is 0 Å². The van der Waals surface area contributed by atoms with Crippen LogP contribution in [0.25, 0.3) is 0 Å². The minimum atomic E-state index is -4.13. The van der Waals surface area contributed by atoms with Crippen LogP contribution in [0, 0.1) is 0 Å². The molecule has 0 aliphatic carbocycles. The van der Waals surface area contributed by atoms with Crippen LogP contribution in [0.2, 0.25) is 0 Å². The summed E-state index contributed by atoms with van der Waals surface area (Å²) in [6, 6.07) is 0. The Bertz CT molecular complexity index is 296. The average molecular weight is 264 g/mol. The zero-order valence-electron chi connectivity index (χ0n) is 10.7. The summed E-state index contributed by atoms with van der Waals surface area (Å²) in [7, 11) is -4.13. The van der Waals surface area contributed by atoms with Gasteiger partial charge in [-0.05, 0) is 6.42 Å². The summed E-state index contributed by atoms with van der Waals surface area (Å²) in [4.78, 5) is 11.1. The molecule has 0 rings (SSSR count). The molecular weight excluding hydrogens is 240 g/mol. The number of hydrogen-bond donors (Lipinski definition) is 1. The zero-order chi connectivity index (χ0) is 13.1. The molecule has 17 heavy (non-hydrogen) atoms. The van der Waals surface area contributed by atoms with Crippen LogP contribution in [0.5, 0.6) is 0 Å². The van der Waals surface area contributed by atoms with E-state index in [-0.39, 0.29) is 6.42 Å². The predicted octanol–water partition coefficient (Wildman–Crippen LogP) is 2.97. The molecule has 0 fully saturated rings. The van der Waals surface area contributed by atoms with Crippen molar-refractivity contribution in [2.75, 3.05) is 5.75 Å². The molecule has 0 aliphatic rings. The number of unbranched alkanes of at least 4 members (excludes halogenated alkanes) is 7. The summed E-state index contributed by atoms with van der Waals surface area (Å²) < 4.78 is 29.3. The Morgan fingerprint density at radius 2 is 1.41 bits per heavy atom. The van der Waals surface area contributed by atoms with E-state index in [9.17, 15) is 13.2 Å². The summed E-state index contributed by atoms with van der Waals surface area (Å²) in [6.07, 6.45) is 9.28. The van der Waals surface area contributed by atoms with Crippen molar-refractivity contribution in [2.45, 2.75) is 64.7 Å². The van der Waals surface area contributed by atoms with Gasteiger partial charge in [-0.15, -0.1) is 0 Å². The molecule has 102 valence electrons. The number of Topliss-reactive ketones (excluding diaryl/α,β-unsaturated/α-hetero) is 1. The molecule has 4 nitrogen and oxygen atoms in total. The molecule has 0 heterocycles. The Labute approximate surface area is 105 Å². The molecule has 5 heteroatoms. The fraction of sp³-hybridized carbons (Fsp3) is 0.917. The van der Waals surface area contributed by atoms with Crippen molar-refractivity contribution in [3.63, 3.8) is 0 Å². The summed E-state index contributed by atoms with van der Waals surface area (Å²) in [6.45, 7) is 2.18. The Morgan fingerprint density at radius 3 is 1.88 bits per heavy atom. The molecule has 0 atom stereocenters. The molecule has 1 N–H and O–H groups in total. The minimum absolute atomic E-state index is 0.259. The first kappa shape index (κ1) is 16.6. The van der Waals surface area contributed by atoms with E-state index in [2.05, 4.69) is 6.92 Å². The fourth-order valence-corrected chi connectivity index (χ4v) is 2.28. The van der Waals surface area contributed by atoms with Crippen molar-refractivity contribution < 1.29 is 17.8 Å². The molecule has 0 radical (unpaired) electrons. The van der Waals surface area contributed by atoms with Gasteiger partial charge < -0.3 is 0 Å². The van der Waals surface area contributed by atoms with Gasteiger partial charge in [0.15, 0.2) is 0 Å². The number of rotatable bonds is 11.